The molecule has 0 aliphatic carbocycles. The number of aliphatic hydroxyl groups is 1. The summed E-state index contributed by atoms with van der Waals surface area (Å²) in [7, 11) is 0. The highest BCUT2D eigenvalue weighted by atomic mass is 19.1. The number of hydrogen-bond acceptors (Lipinski definition) is 3. The van der Waals surface area contributed by atoms with Crippen LogP contribution < -0.4 is 5.32 Å². The number of carbonyl (C=O) groups excluding carboxylic acids is 1. The molecule has 1 heterocycles. The van der Waals surface area contributed by atoms with Crippen molar-refractivity contribution in [1.29, 1.82) is 0 Å². The minimum Gasteiger partial charge on any atom is -0.393 e. The van der Waals surface area contributed by atoms with E-state index in [0.29, 0.717) is 32.7 Å². The molecule has 2 amide bonds. The number of urea groups is 1. The predicted molar refractivity (Wildman–Crippen MR) is 90.4 cm³/mol. The van der Waals surface area contributed by atoms with Crippen molar-refractivity contribution in [2.75, 3.05) is 26.3 Å². The highest BCUT2D eigenvalue weighted by molar-refractivity contribution is 5.74. The lowest BCUT2D eigenvalue weighted by molar-refractivity contribution is -0.00448. The van der Waals surface area contributed by atoms with Gasteiger partial charge in [0, 0.05) is 18.5 Å². The molecule has 2 rings (SSSR count). The number of rotatable bonds is 5. The number of benzene rings is 1. The van der Waals surface area contributed by atoms with Crippen molar-refractivity contribution < 1.29 is 19.0 Å². The van der Waals surface area contributed by atoms with Crippen LogP contribution in [0.1, 0.15) is 32.8 Å². The van der Waals surface area contributed by atoms with E-state index in [1.807, 2.05) is 19.9 Å². The maximum atomic E-state index is 13.4. The molecule has 1 aromatic carbocycles. The van der Waals surface area contributed by atoms with E-state index < -0.39 is 6.10 Å². The summed E-state index contributed by atoms with van der Waals surface area (Å²) in [6.45, 7) is 7.47. The molecule has 6 heteroatoms. The monoisotopic (exact) mass is 338 g/mol. The summed E-state index contributed by atoms with van der Waals surface area (Å²) < 4.78 is 18.8. The molecule has 0 saturated carbocycles. The zero-order chi connectivity index (χ0) is 17.7. The molecule has 1 aromatic rings. The van der Waals surface area contributed by atoms with Crippen LogP contribution >= 0.6 is 0 Å². The normalized spacial score (nSPS) is 19.9. The van der Waals surface area contributed by atoms with Gasteiger partial charge < -0.3 is 20.1 Å². The van der Waals surface area contributed by atoms with Crippen LogP contribution in [0.4, 0.5) is 9.18 Å². The third kappa shape index (κ3) is 4.92. The molecule has 0 radical (unpaired) electrons. The first kappa shape index (κ1) is 18.7. The number of carbonyl (C=O) groups is 1. The lowest BCUT2D eigenvalue weighted by atomic mass is 9.84. The molecule has 1 saturated heterocycles. The number of nitrogens with one attached hydrogen (secondary N) is 1. The fourth-order valence-corrected chi connectivity index (χ4v) is 2.92. The van der Waals surface area contributed by atoms with Crippen LogP contribution in [-0.2, 0) is 10.2 Å². The van der Waals surface area contributed by atoms with Gasteiger partial charge in [0.2, 0.25) is 0 Å². The highest BCUT2D eigenvalue weighted by Gasteiger charge is 2.30. The van der Waals surface area contributed by atoms with Gasteiger partial charge in [0.05, 0.1) is 25.4 Å². The minimum absolute atomic E-state index is 0.129. The zero-order valence-corrected chi connectivity index (χ0v) is 14.6. The first-order valence-electron chi connectivity index (χ1n) is 8.36. The second kappa shape index (κ2) is 7.94. The van der Waals surface area contributed by atoms with Crippen LogP contribution in [0.15, 0.2) is 24.3 Å². The topological polar surface area (TPSA) is 61.8 Å². The standard InChI is InChI=1S/C18H27FN2O3/c1-13(22)9-16-11-24-8-7-21(16)17(23)20-12-18(2,3)14-5-4-6-15(19)10-14/h4-6,10,13,16,22H,7-9,11-12H2,1-3H3,(H,20,23)/t13-,16+/m1/s1. The molecule has 24 heavy (non-hydrogen) atoms. The summed E-state index contributed by atoms with van der Waals surface area (Å²) in [6.07, 6.45) is -0.00325. The second-order valence-corrected chi connectivity index (χ2v) is 7.06. The number of morpholine rings is 1. The van der Waals surface area contributed by atoms with Gasteiger partial charge >= 0.3 is 6.03 Å². The molecule has 0 aromatic heterocycles. The lowest BCUT2D eigenvalue weighted by Crippen LogP contribution is -2.54. The van der Waals surface area contributed by atoms with E-state index in [0.717, 1.165) is 5.56 Å². The molecule has 0 bridgehead atoms. The van der Waals surface area contributed by atoms with E-state index in [4.69, 9.17) is 4.74 Å². The Labute approximate surface area is 142 Å². The molecule has 2 N–H and O–H groups in total. The number of hydrogen-bond donors (Lipinski definition) is 2. The van der Waals surface area contributed by atoms with Gasteiger partial charge in [0.15, 0.2) is 0 Å². The first-order chi connectivity index (χ1) is 11.3. The van der Waals surface area contributed by atoms with Gasteiger partial charge in [-0.15, -0.1) is 0 Å². The molecule has 1 aliphatic heterocycles. The quantitative estimate of drug-likeness (QED) is 0.866. The van der Waals surface area contributed by atoms with Crippen LogP contribution in [0.5, 0.6) is 0 Å². The van der Waals surface area contributed by atoms with Crippen LogP contribution in [0.3, 0.4) is 0 Å². The van der Waals surface area contributed by atoms with Crippen LogP contribution in [0.25, 0.3) is 0 Å². The molecule has 134 valence electrons. The molecular formula is C18H27FN2O3. The van der Waals surface area contributed by atoms with Gasteiger partial charge in [-0.2, -0.15) is 0 Å². The number of halogens is 1. The fraction of sp³-hybridized carbons (Fsp3) is 0.611. The molecule has 0 spiro atoms. The maximum absolute atomic E-state index is 13.4. The summed E-state index contributed by atoms with van der Waals surface area (Å²) in [5.41, 5.74) is 0.453. The number of ether oxygens (including phenoxy) is 1. The van der Waals surface area contributed by atoms with Crippen LogP contribution in [-0.4, -0.2) is 54.5 Å². The van der Waals surface area contributed by atoms with Gasteiger partial charge in [-0.25, -0.2) is 9.18 Å². The van der Waals surface area contributed by atoms with Crippen molar-refractivity contribution in [3.05, 3.63) is 35.6 Å². The van der Waals surface area contributed by atoms with Crippen LogP contribution in [0, 0.1) is 5.82 Å². The molecular weight excluding hydrogens is 311 g/mol. The van der Waals surface area contributed by atoms with Crippen molar-refractivity contribution in [2.45, 2.75) is 44.8 Å². The van der Waals surface area contributed by atoms with Gasteiger partial charge in [0.1, 0.15) is 5.82 Å². The summed E-state index contributed by atoms with van der Waals surface area (Å²) >= 11 is 0. The number of nitrogens with zero attached hydrogens (tertiary/aromatic N) is 1. The Balaban J connectivity index is 1.98. The lowest BCUT2D eigenvalue weighted by Gasteiger charge is -2.37. The fourth-order valence-electron chi connectivity index (χ4n) is 2.92. The Hall–Kier alpha value is -1.66. The first-order valence-corrected chi connectivity index (χ1v) is 8.36. The van der Waals surface area contributed by atoms with E-state index in [1.165, 1.54) is 12.1 Å². The third-order valence-electron chi connectivity index (χ3n) is 4.39. The Bertz CT molecular complexity index is 563. The number of amides is 2. The van der Waals surface area contributed by atoms with E-state index in [1.54, 1.807) is 17.9 Å². The Morgan fingerprint density at radius 2 is 2.29 bits per heavy atom. The van der Waals surface area contributed by atoms with Gasteiger partial charge in [-0.1, -0.05) is 26.0 Å². The van der Waals surface area contributed by atoms with E-state index in [9.17, 15) is 14.3 Å². The molecule has 0 unspecified atom stereocenters. The number of aliphatic hydroxyl groups excluding tert-OH is 1. The van der Waals surface area contributed by atoms with Crippen molar-refractivity contribution in [3.8, 4) is 0 Å². The molecule has 1 fully saturated rings. The largest absolute Gasteiger partial charge is 0.393 e. The summed E-state index contributed by atoms with van der Waals surface area (Å²) in [5, 5.41) is 12.5. The average molecular weight is 338 g/mol. The summed E-state index contributed by atoms with van der Waals surface area (Å²) in [4.78, 5) is 14.3. The third-order valence-corrected chi connectivity index (χ3v) is 4.39. The molecule has 2 atom stereocenters. The minimum atomic E-state index is -0.490. The van der Waals surface area contributed by atoms with E-state index in [-0.39, 0.29) is 23.3 Å². The van der Waals surface area contributed by atoms with Gasteiger partial charge in [-0.3, -0.25) is 0 Å². The zero-order valence-electron chi connectivity index (χ0n) is 14.6. The Morgan fingerprint density at radius 1 is 1.54 bits per heavy atom. The molecule has 1 aliphatic rings. The maximum Gasteiger partial charge on any atom is 0.317 e. The summed E-state index contributed by atoms with van der Waals surface area (Å²) in [5.74, 6) is -0.280. The van der Waals surface area contributed by atoms with Crippen LogP contribution in [0.2, 0.25) is 0 Å². The van der Waals surface area contributed by atoms with Crippen molar-refractivity contribution in [2.24, 2.45) is 0 Å². The highest BCUT2D eigenvalue weighted by Crippen LogP contribution is 2.23. The Morgan fingerprint density at radius 3 is 2.96 bits per heavy atom. The van der Waals surface area contributed by atoms with Crippen molar-refractivity contribution in [3.63, 3.8) is 0 Å². The Kier molecular flexibility index (Phi) is 6.18. The summed E-state index contributed by atoms with van der Waals surface area (Å²) in [6, 6.07) is 6.14. The van der Waals surface area contributed by atoms with E-state index >= 15 is 0 Å². The van der Waals surface area contributed by atoms with Gasteiger partial charge in [0.25, 0.3) is 0 Å². The van der Waals surface area contributed by atoms with Crippen molar-refractivity contribution in [1.82, 2.24) is 10.2 Å². The van der Waals surface area contributed by atoms with E-state index in [2.05, 4.69) is 5.32 Å². The predicted octanol–water partition coefficient (Wildman–Crippen LogP) is 2.28. The van der Waals surface area contributed by atoms with Crippen molar-refractivity contribution >= 4 is 6.03 Å². The SMILES string of the molecule is C[C@@H](O)C[C@H]1COCCN1C(=O)NCC(C)(C)c1cccc(F)c1. The molecule has 5 nitrogen and oxygen atoms in total. The smallest absolute Gasteiger partial charge is 0.317 e. The second-order valence-electron chi connectivity index (χ2n) is 7.06. The average Bonchev–Trinajstić information content (AvgIpc) is 2.53. The van der Waals surface area contributed by atoms with Gasteiger partial charge in [-0.05, 0) is 31.0 Å².